The second-order valence-corrected chi connectivity index (χ2v) is 5.33. The van der Waals surface area contributed by atoms with Gasteiger partial charge in [-0.3, -0.25) is 0 Å². The highest BCUT2D eigenvalue weighted by Crippen LogP contribution is 2.28. The first-order valence-electron chi connectivity index (χ1n) is 5.53. The normalized spacial score (nSPS) is 26.2. The number of rotatable bonds is 3. The molecule has 2 nitrogen and oxygen atoms in total. The Morgan fingerprint density at radius 1 is 1.38 bits per heavy atom. The molecule has 1 unspecified atom stereocenters. The molecule has 1 aromatic carbocycles. The summed E-state index contributed by atoms with van der Waals surface area (Å²) in [4.78, 5) is 0. The van der Waals surface area contributed by atoms with Crippen LogP contribution in [-0.4, -0.2) is 12.1 Å². The predicted octanol–water partition coefficient (Wildman–Crippen LogP) is 3.13. The van der Waals surface area contributed by atoms with Crippen LogP contribution in [0.2, 0.25) is 10.0 Å². The Morgan fingerprint density at radius 2 is 2.06 bits per heavy atom. The van der Waals surface area contributed by atoms with Crippen LogP contribution >= 0.6 is 23.2 Å². The minimum Gasteiger partial charge on any atom is -0.328 e. The second kappa shape index (κ2) is 4.92. The highest BCUT2D eigenvalue weighted by Gasteiger charge is 2.27. The molecule has 0 aliphatic heterocycles. The van der Waals surface area contributed by atoms with Crippen molar-refractivity contribution < 1.29 is 0 Å². The maximum atomic E-state index is 6.15. The van der Waals surface area contributed by atoms with Crippen molar-refractivity contribution in [1.82, 2.24) is 5.32 Å². The first kappa shape index (κ1) is 12.2. The highest BCUT2D eigenvalue weighted by molar-refractivity contribution is 6.35. The van der Waals surface area contributed by atoms with Crippen molar-refractivity contribution in [3.63, 3.8) is 0 Å². The van der Waals surface area contributed by atoms with Gasteiger partial charge in [0.15, 0.2) is 0 Å². The van der Waals surface area contributed by atoms with Gasteiger partial charge in [0.25, 0.3) is 0 Å². The van der Waals surface area contributed by atoms with Crippen LogP contribution in [0.5, 0.6) is 0 Å². The number of nitrogens with two attached hydrogens (primary N) is 1. The fraction of sp³-hybridized carbons (Fsp3) is 0.500. The summed E-state index contributed by atoms with van der Waals surface area (Å²) in [5.74, 6) is 0. The summed E-state index contributed by atoms with van der Waals surface area (Å²) in [7, 11) is 0. The molecule has 0 heterocycles. The molecule has 0 amide bonds. The molecule has 1 aromatic rings. The van der Waals surface area contributed by atoms with Gasteiger partial charge in [0.2, 0.25) is 0 Å². The molecule has 0 bridgehead atoms. The molecular formula is C12H16Cl2N2. The number of hydrogen-bond donors (Lipinski definition) is 2. The molecule has 0 spiro atoms. The lowest BCUT2D eigenvalue weighted by Crippen LogP contribution is -2.49. The second-order valence-electron chi connectivity index (χ2n) is 4.48. The first-order chi connectivity index (χ1) is 7.56. The Kier molecular flexibility index (Phi) is 3.75. The molecule has 1 atom stereocenters. The molecule has 0 aromatic heterocycles. The van der Waals surface area contributed by atoms with Crippen LogP contribution in [0.3, 0.4) is 0 Å². The third-order valence-corrected chi connectivity index (χ3v) is 3.65. The lowest BCUT2D eigenvalue weighted by Gasteiger charge is -2.35. The third kappa shape index (κ3) is 2.69. The van der Waals surface area contributed by atoms with E-state index in [0.29, 0.717) is 17.1 Å². The minimum atomic E-state index is 0.238. The Hall–Kier alpha value is -0.280. The standard InChI is InChI=1S/C12H16Cl2N2/c1-7(16-10-5-9(15)6-10)11-3-2-8(13)4-12(11)14/h2-4,7,9-10,16H,5-6,15H2,1H3. The zero-order valence-electron chi connectivity index (χ0n) is 9.21. The van der Waals surface area contributed by atoms with Gasteiger partial charge in [-0.25, -0.2) is 0 Å². The van der Waals surface area contributed by atoms with Crippen molar-refractivity contribution in [2.45, 2.75) is 37.9 Å². The van der Waals surface area contributed by atoms with E-state index in [1.165, 1.54) is 0 Å². The molecule has 3 N–H and O–H groups in total. The summed E-state index contributed by atoms with van der Waals surface area (Å²) >= 11 is 12.0. The molecular weight excluding hydrogens is 243 g/mol. The molecule has 4 heteroatoms. The topological polar surface area (TPSA) is 38.0 Å². The SMILES string of the molecule is CC(NC1CC(N)C1)c1ccc(Cl)cc1Cl. The Balaban J connectivity index is 2.00. The van der Waals surface area contributed by atoms with Gasteiger partial charge in [-0.2, -0.15) is 0 Å². The maximum absolute atomic E-state index is 6.15. The molecule has 0 saturated heterocycles. The van der Waals surface area contributed by atoms with Crippen molar-refractivity contribution in [1.29, 1.82) is 0 Å². The van der Waals surface area contributed by atoms with Crippen LogP contribution in [0, 0.1) is 0 Å². The van der Waals surface area contributed by atoms with Gasteiger partial charge in [0, 0.05) is 28.2 Å². The number of nitrogens with one attached hydrogen (secondary N) is 1. The molecule has 1 fully saturated rings. The van der Waals surface area contributed by atoms with Crippen molar-refractivity contribution in [3.8, 4) is 0 Å². The largest absolute Gasteiger partial charge is 0.328 e. The monoisotopic (exact) mass is 258 g/mol. The van der Waals surface area contributed by atoms with E-state index in [1.807, 2.05) is 12.1 Å². The number of benzene rings is 1. The van der Waals surface area contributed by atoms with Gasteiger partial charge in [-0.05, 0) is 37.5 Å². The van der Waals surface area contributed by atoms with E-state index in [4.69, 9.17) is 28.9 Å². The van der Waals surface area contributed by atoms with E-state index in [-0.39, 0.29) is 6.04 Å². The first-order valence-corrected chi connectivity index (χ1v) is 6.28. The summed E-state index contributed by atoms with van der Waals surface area (Å²) in [5, 5.41) is 4.91. The maximum Gasteiger partial charge on any atom is 0.0468 e. The zero-order chi connectivity index (χ0) is 11.7. The number of hydrogen-bond acceptors (Lipinski definition) is 2. The van der Waals surface area contributed by atoms with E-state index in [0.717, 1.165) is 23.4 Å². The van der Waals surface area contributed by atoms with E-state index in [9.17, 15) is 0 Å². The summed E-state index contributed by atoms with van der Waals surface area (Å²) in [6.45, 7) is 2.11. The fourth-order valence-electron chi connectivity index (χ4n) is 2.09. The smallest absolute Gasteiger partial charge is 0.0468 e. The average molecular weight is 259 g/mol. The molecule has 16 heavy (non-hydrogen) atoms. The van der Waals surface area contributed by atoms with Crippen molar-refractivity contribution in [2.24, 2.45) is 5.73 Å². The van der Waals surface area contributed by atoms with Crippen LogP contribution in [0.25, 0.3) is 0 Å². The minimum absolute atomic E-state index is 0.238. The molecule has 1 saturated carbocycles. The summed E-state index contributed by atoms with van der Waals surface area (Å²) in [5.41, 5.74) is 6.84. The lowest BCUT2D eigenvalue weighted by molar-refractivity contribution is 0.272. The molecule has 1 aliphatic carbocycles. The average Bonchev–Trinajstić information content (AvgIpc) is 2.15. The van der Waals surface area contributed by atoms with Gasteiger partial charge < -0.3 is 11.1 Å². The predicted molar refractivity (Wildman–Crippen MR) is 69.0 cm³/mol. The van der Waals surface area contributed by atoms with Gasteiger partial charge in [-0.15, -0.1) is 0 Å². The summed E-state index contributed by atoms with van der Waals surface area (Å²) < 4.78 is 0. The third-order valence-electron chi connectivity index (χ3n) is 3.09. The molecule has 2 rings (SSSR count). The zero-order valence-corrected chi connectivity index (χ0v) is 10.7. The Bertz CT molecular complexity index is 375. The Labute approximate surface area is 106 Å². The van der Waals surface area contributed by atoms with Gasteiger partial charge in [0.1, 0.15) is 0 Å². The van der Waals surface area contributed by atoms with Crippen LogP contribution < -0.4 is 11.1 Å². The van der Waals surface area contributed by atoms with Crippen molar-refractivity contribution in [3.05, 3.63) is 33.8 Å². The van der Waals surface area contributed by atoms with Gasteiger partial charge >= 0.3 is 0 Å². The molecule has 88 valence electrons. The summed E-state index contributed by atoms with van der Waals surface area (Å²) in [6, 6.07) is 6.75. The van der Waals surface area contributed by atoms with E-state index < -0.39 is 0 Å². The van der Waals surface area contributed by atoms with Crippen LogP contribution in [0.4, 0.5) is 0 Å². The highest BCUT2D eigenvalue weighted by atomic mass is 35.5. The molecule has 1 aliphatic rings. The van der Waals surface area contributed by atoms with Crippen molar-refractivity contribution >= 4 is 23.2 Å². The Morgan fingerprint density at radius 3 is 2.62 bits per heavy atom. The quantitative estimate of drug-likeness (QED) is 0.875. The van der Waals surface area contributed by atoms with Gasteiger partial charge in [-0.1, -0.05) is 29.3 Å². The van der Waals surface area contributed by atoms with Crippen LogP contribution in [-0.2, 0) is 0 Å². The van der Waals surface area contributed by atoms with E-state index in [1.54, 1.807) is 6.07 Å². The van der Waals surface area contributed by atoms with Gasteiger partial charge in [0.05, 0.1) is 0 Å². The van der Waals surface area contributed by atoms with Crippen LogP contribution in [0.15, 0.2) is 18.2 Å². The number of halogens is 2. The van der Waals surface area contributed by atoms with Crippen molar-refractivity contribution in [2.75, 3.05) is 0 Å². The molecule has 0 radical (unpaired) electrons. The summed E-state index contributed by atoms with van der Waals surface area (Å²) in [6.07, 6.45) is 2.10. The van der Waals surface area contributed by atoms with Crippen LogP contribution in [0.1, 0.15) is 31.4 Å². The van der Waals surface area contributed by atoms with E-state index in [2.05, 4.69) is 12.2 Å². The lowest BCUT2D eigenvalue weighted by atomic mass is 9.87. The van der Waals surface area contributed by atoms with E-state index >= 15 is 0 Å². The fourth-order valence-corrected chi connectivity index (χ4v) is 2.67.